The molecule has 1 aromatic carbocycles. The SMILES string of the molecule is CCOC(=O)C1=C(CN2CCN(C(C)=O)CC2)NC(=O)N[C@@H]1c1ccccc1OCC. The largest absolute Gasteiger partial charge is 0.494 e. The van der Waals surface area contributed by atoms with Gasteiger partial charge >= 0.3 is 12.0 Å². The molecule has 0 unspecified atom stereocenters. The third-order valence-electron chi connectivity index (χ3n) is 5.38. The predicted octanol–water partition coefficient (Wildman–Crippen LogP) is 1.42. The number of carbonyl (C=O) groups is 3. The van der Waals surface area contributed by atoms with Crippen molar-refractivity contribution >= 4 is 17.9 Å². The van der Waals surface area contributed by atoms with Crippen LogP contribution in [-0.4, -0.2) is 73.6 Å². The number of rotatable bonds is 7. The summed E-state index contributed by atoms with van der Waals surface area (Å²) in [5, 5.41) is 5.65. The van der Waals surface area contributed by atoms with Crippen molar-refractivity contribution in [1.29, 1.82) is 0 Å². The van der Waals surface area contributed by atoms with Gasteiger partial charge in [0.25, 0.3) is 0 Å². The molecular formula is C22H30N4O5. The van der Waals surface area contributed by atoms with Gasteiger partial charge in [0, 0.05) is 50.9 Å². The Hall–Kier alpha value is -3.07. The Bertz CT molecular complexity index is 861. The van der Waals surface area contributed by atoms with E-state index in [1.807, 2.05) is 31.2 Å². The zero-order valence-corrected chi connectivity index (χ0v) is 18.3. The number of ether oxygens (including phenoxy) is 2. The van der Waals surface area contributed by atoms with Gasteiger partial charge < -0.3 is 25.0 Å². The smallest absolute Gasteiger partial charge is 0.338 e. The number of benzene rings is 1. The van der Waals surface area contributed by atoms with E-state index in [0.717, 1.165) is 0 Å². The summed E-state index contributed by atoms with van der Waals surface area (Å²) in [7, 11) is 0. The van der Waals surface area contributed by atoms with Crippen molar-refractivity contribution in [2.24, 2.45) is 0 Å². The van der Waals surface area contributed by atoms with E-state index in [4.69, 9.17) is 9.47 Å². The molecule has 0 spiro atoms. The van der Waals surface area contributed by atoms with E-state index >= 15 is 0 Å². The summed E-state index contributed by atoms with van der Waals surface area (Å²) >= 11 is 0. The van der Waals surface area contributed by atoms with E-state index in [-0.39, 0.29) is 18.5 Å². The Morgan fingerprint density at radius 1 is 1.10 bits per heavy atom. The van der Waals surface area contributed by atoms with Crippen LogP contribution in [0.2, 0.25) is 0 Å². The summed E-state index contributed by atoms with van der Waals surface area (Å²) in [6.45, 7) is 8.78. The molecule has 1 aromatic rings. The quantitative estimate of drug-likeness (QED) is 0.635. The molecule has 0 aliphatic carbocycles. The molecule has 1 saturated heterocycles. The topological polar surface area (TPSA) is 100 Å². The molecule has 1 fully saturated rings. The zero-order chi connectivity index (χ0) is 22.4. The second kappa shape index (κ2) is 10.3. The van der Waals surface area contributed by atoms with Crippen LogP contribution in [0, 0.1) is 0 Å². The molecule has 2 aliphatic heterocycles. The molecule has 3 amide bonds. The van der Waals surface area contributed by atoms with Gasteiger partial charge in [-0.2, -0.15) is 0 Å². The second-order valence-corrected chi connectivity index (χ2v) is 7.40. The molecule has 2 heterocycles. The number of carbonyl (C=O) groups excluding carboxylic acids is 3. The molecule has 1 atom stereocenters. The fraction of sp³-hybridized carbons (Fsp3) is 0.500. The zero-order valence-electron chi connectivity index (χ0n) is 18.3. The van der Waals surface area contributed by atoms with Gasteiger partial charge in [-0.1, -0.05) is 18.2 Å². The molecular weight excluding hydrogens is 400 g/mol. The average molecular weight is 431 g/mol. The van der Waals surface area contributed by atoms with Gasteiger partial charge in [0.1, 0.15) is 5.75 Å². The molecule has 0 saturated carbocycles. The number of amides is 3. The molecule has 2 aliphatic rings. The van der Waals surface area contributed by atoms with Crippen LogP contribution in [0.5, 0.6) is 5.75 Å². The Kier molecular flexibility index (Phi) is 7.51. The van der Waals surface area contributed by atoms with Crippen molar-refractivity contribution in [1.82, 2.24) is 20.4 Å². The first kappa shape index (κ1) is 22.6. The molecule has 0 aromatic heterocycles. The van der Waals surface area contributed by atoms with Gasteiger partial charge in [0.05, 0.1) is 24.8 Å². The lowest BCUT2D eigenvalue weighted by Crippen LogP contribution is -2.52. The van der Waals surface area contributed by atoms with Crippen molar-refractivity contribution in [3.63, 3.8) is 0 Å². The minimum Gasteiger partial charge on any atom is -0.494 e. The number of esters is 1. The highest BCUT2D eigenvalue weighted by Gasteiger charge is 2.36. The number of hydrogen-bond acceptors (Lipinski definition) is 6. The fourth-order valence-electron chi connectivity index (χ4n) is 3.88. The lowest BCUT2D eigenvalue weighted by atomic mass is 9.94. The minimum absolute atomic E-state index is 0.0499. The predicted molar refractivity (Wildman–Crippen MR) is 114 cm³/mol. The van der Waals surface area contributed by atoms with Crippen LogP contribution in [0.25, 0.3) is 0 Å². The third-order valence-corrected chi connectivity index (χ3v) is 5.38. The van der Waals surface area contributed by atoms with E-state index in [9.17, 15) is 14.4 Å². The maximum absolute atomic E-state index is 13.0. The lowest BCUT2D eigenvalue weighted by molar-refractivity contribution is -0.139. The van der Waals surface area contributed by atoms with E-state index in [1.54, 1.807) is 18.7 Å². The number of urea groups is 1. The van der Waals surface area contributed by atoms with E-state index in [1.165, 1.54) is 0 Å². The number of nitrogens with one attached hydrogen (secondary N) is 2. The van der Waals surface area contributed by atoms with Crippen LogP contribution in [0.15, 0.2) is 35.5 Å². The number of hydrogen-bond donors (Lipinski definition) is 2. The maximum atomic E-state index is 13.0. The molecule has 31 heavy (non-hydrogen) atoms. The highest BCUT2D eigenvalue weighted by Crippen LogP contribution is 2.34. The van der Waals surface area contributed by atoms with Crippen molar-refractivity contribution in [3.8, 4) is 5.75 Å². The summed E-state index contributed by atoms with van der Waals surface area (Å²) in [5.41, 5.74) is 1.57. The maximum Gasteiger partial charge on any atom is 0.338 e. The molecule has 2 N–H and O–H groups in total. The molecule has 3 rings (SSSR count). The van der Waals surface area contributed by atoms with Crippen molar-refractivity contribution < 1.29 is 23.9 Å². The minimum atomic E-state index is -0.691. The Morgan fingerprint density at radius 2 is 1.81 bits per heavy atom. The molecule has 9 heteroatoms. The lowest BCUT2D eigenvalue weighted by Gasteiger charge is -2.36. The van der Waals surface area contributed by atoms with Gasteiger partial charge in [-0.15, -0.1) is 0 Å². The number of piperazine rings is 1. The molecule has 168 valence electrons. The van der Waals surface area contributed by atoms with Gasteiger partial charge in [0.15, 0.2) is 0 Å². The second-order valence-electron chi connectivity index (χ2n) is 7.40. The fourth-order valence-corrected chi connectivity index (χ4v) is 3.88. The first-order valence-corrected chi connectivity index (χ1v) is 10.6. The highest BCUT2D eigenvalue weighted by molar-refractivity contribution is 5.95. The summed E-state index contributed by atoms with van der Waals surface area (Å²) in [4.78, 5) is 41.0. The summed E-state index contributed by atoms with van der Waals surface area (Å²) < 4.78 is 11.1. The van der Waals surface area contributed by atoms with Crippen molar-refractivity contribution in [2.75, 3.05) is 45.9 Å². The van der Waals surface area contributed by atoms with Gasteiger partial charge in [0.2, 0.25) is 5.91 Å². The van der Waals surface area contributed by atoms with E-state index < -0.39 is 12.0 Å². The normalized spacial score (nSPS) is 19.5. The summed E-state index contributed by atoms with van der Waals surface area (Å²) in [5.74, 6) is 0.172. The van der Waals surface area contributed by atoms with Crippen molar-refractivity contribution in [3.05, 3.63) is 41.1 Å². The molecule has 0 bridgehead atoms. The van der Waals surface area contributed by atoms with Gasteiger partial charge in [-0.3, -0.25) is 9.69 Å². The van der Waals surface area contributed by atoms with E-state index in [0.29, 0.717) is 61.9 Å². The van der Waals surface area contributed by atoms with Gasteiger partial charge in [-0.05, 0) is 19.9 Å². The van der Waals surface area contributed by atoms with Crippen LogP contribution in [0.3, 0.4) is 0 Å². The van der Waals surface area contributed by atoms with Crippen LogP contribution in [-0.2, 0) is 14.3 Å². The van der Waals surface area contributed by atoms with Crippen LogP contribution >= 0.6 is 0 Å². The van der Waals surface area contributed by atoms with Gasteiger partial charge in [-0.25, -0.2) is 9.59 Å². The molecule has 9 nitrogen and oxygen atoms in total. The first-order chi connectivity index (χ1) is 14.9. The van der Waals surface area contributed by atoms with E-state index in [2.05, 4.69) is 15.5 Å². The van der Waals surface area contributed by atoms with Crippen LogP contribution in [0.4, 0.5) is 4.79 Å². The summed E-state index contributed by atoms with van der Waals surface area (Å²) in [6.07, 6.45) is 0. The average Bonchev–Trinajstić information content (AvgIpc) is 2.74. The number of nitrogens with zero attached hydrogens (tertiary/aromatic N) is 2. The third kappa shape index (κ3) is 5.35. The van der Waals surface area contributed by atoms with Crippen LogP contribution in [0.1, 0.15) is 32.4 Å². The summed E-state index contributed by atoms with van der Waals surface area (Å²) in [6, 6.07) is 6.27. The Labute approximate surface area is 182 Å². The van der Waals surface area contributed by atoms with Crippen LogP contribution < -0.4 is 15.4 Å². The monoisotopic (exact) mass is 430 g/mol. The standard InChI is InChI=1S/C22H30N4O5/c1-4-30-18-9-7-6-8-16(18)20-19(21(28)31-5-2)17(23-22(29)24-20)14-25-10-12-26(13-11-25)15(3)27/h6-9,20H,4-5,10-14H2,1-3H3,(H2,23,24,29)/t20-/m1/s1. The van der Waals surface area contributed by atoms with Crippen molar-refractivity contribution in [2.45, 2.75) is 26.8 Å². The Morgan fingerprint density at radius 3 is 2.45 bits per heavy atom. The first-order valence-electron chi connectivity index (χ1n) is 10.6. The highest BCUT2D eigenvalue weighted by atomic mass is 16.5. The number of para-hydroxylation sites is 1. The Balaban J connectivity index is 1.94. The molecule has 0 radical (unpaired) electrons.